The minimum atomic E-state index is -1.89. The molecule has 1 heterocycles. The third-order valence-corrected chi connectivity index (χ3v) is 12.3. The minimum absolute atomic E-state index is 0.258. The summed E-state index contributed by atoms with van der Waals surface area (Å²) in [6, 6.07) is 0. The van der Waals surface area contributed by atoms with Gasteiger partial charge >= 0.3 is 0 Å². The van der Waals surface area contributed by atoms with Crippen LogP contribution in [0, 0.1) is 11.8 Å². The fourth-order valence-electron chi connectivity index (χ4n) is 4.65. The number of rotatable bonds is 2. The molecule has 0 aliphatic carbocycles. The molecule has 1 nitrogen and oxygen atoms in total. The highest BCUT2D eigenvalue weighted by Crippen LogP contribution is 2.64. The largest absolute Gasteiger partial charge is 0.412 e. The van der Waals surface area contributed by atoms with Crippen molar-refractivity contribution < 1.29 is 4.43 Å². The SMILES string of the molecule is C=C[C@H](C)[C@@H]1O[Si](C(C)(C)C)(C(C)(C)C)[C@H](C)[C@H]1C. The zero-order valence-corrected chi connectivity index (χ0v) is 15.5. The summed E-state index contributed by atoms with van der Waals surface area (Å²) < 4.78 is 6.92. The molecule has 0 bridgehead atoms. The first-order chi connectivity index (χ1) is 8.40. The summed E-state index contributed by atoms with van der Waals surface area (Å²) >= 11 is 0. The zero-order chi connectivity index (χ0) is 15.2. The number of hydrogen-bond donors (Lipinski definition) is 0. The third-order valence-electron chi connectivity index (χ3n) is 5.39. The van der Waals surface area contributed by atoms with Gasteiger partial charge in [0.15, 0.2) is 0 Å². The first kappa shape index (κ1) is 17.0. The van der Waals surface area contributed by atoms with Crippen molar-refractivity contribution in [3.05, 3.63) is 12.7 Å². The lowest BCUT2D eigenvalue weighted by atomic mass is 9.91. The third kappa shape index (κ3) is 2.46. The molecular formula is C17H34OSi. The predicted octanol–water partition coefficient (Wildman–Crippen LogP) is 5.78. The maximum Gasteiger partial charge on any atom is 0.206 e. The van der Waals surface area contributed by atoms with E-state index in [-0.39, 0.29) is 10.1 Å². The van der Waals surface area contributed by atoms with Crippen molar-refractivity contribution in [2.24, 2.45) is 11.8 Å². The van der Waals surface area contributed by atoms with Gasteiger partial charge < -0.3 is 4.43 Å². The minimum Gasteiger partial charge on any atom is -0.412 e. The van der Waals surface area contributed by atoms with E-state index < -0.39 is 8.32 Å². The smallest absolute Gasteiger partial charge is 0.206 e. The fourth-order valence-corrected chi connectivity index (χ4v) is 12.3. The van der Waals surface area contributed by atoms with Crippen LogP contribution in [0.2, 0.25) is 15.6 Å². The van der Waals surface area contributed by atoms with E-state index in [1.165, 1.54) is 0 Å². The van der Waals surface area contributed by atoms with Crippen molar-refractivity contribution in [2.45, 2.75) is 84.0 Å². The molecule has 2 heteroatoms. The normalized spacial score (nSPS) is 33.2. The lowest BCUT2D eigenvalue weighted by Crippen LogP contribution is -2.55. The van der Waals surface area contributed by atoms with Gasteiger partial charge in [0, 0.05) is 0 Å². The highest BCUT2D eigenvalue weighted by molar-refractivity contribution is 6.81. The van der Waals surface area contributed by atoms with E-state index in [9.17, 15) is 0 Å². The van der Waals surface area contributed by atoms with Crippen molar-refractivity contribution >= 4 is 8.32 Å². The van der Waals surface area contributed by atoms with Gasteiger partial charge in [-0.2, -0.15) is 0 Å². The molecule has 112 valence electrons. The molecule has 19 heavy (non-hydrogen) atoms. The van der Waals surface area contributed by atoms with Crippen LogP contribution in [0.4, 0.5) is 0 Å². The quantitative estimate of drug-likeness (QED) is 0.461. The van der Waals surface area contributed by atoms with E-state index in [4.69, 9.17) is 4.43 Å². The molecule has 0 unspecified atom stereocenters. The standard InChI is InChI=1S/C17H34OSi/c1-11-12(2)15-13(3)14(4)19(18-15,16(5,6)7)17(8,9)10/h11-15H,1H2,2-10H3/t12-,13+,14+,15-/m0/s1. The van der Waals surface area contributed by atoms with E-state index in [2.05, 4.69) is 75.0 Å². The zero-order valence-electron chi connectivity index (χ0n) is 14.5. The van der Waals surface area contributed by atoms with Crippen LogP contribution in [-0.4, -0.2) is 14.4 Å². The summed E-state index contributed by atoms with van der Waals surface area (Å²) in [5, 5.41) is 0.517. The first-order valence-electron chi connectivity index (χ1n) is 7.70. The molecular weight excluding hydrogens is 248 g/mol. The van der Waals surface area contributed by atoms with Crippen molar-refractivity contribution in [1.82, 2.24) is 0 Å². The Balaban J connectivity index is 3.32. The van der Waals surface area contributed by atoms with Crippen LogP contribution in [0.15, 0.2) is 12.7 Å². The first-order valence-corrected chi connectivity index (χ1v) is 9.69. The molecule has 0 radical (unpaired) electrons. The average Bonchev–Trinajstić information content (AvgIpc) is 2.51. The average molecular weight is 283 g/mol. The molecule has 1 saturated heterocycles. The summed E-state index contributed by atoms with van der Waals surface area (Å²) in [7, 11) is -1.89. The van der Waals surface area contributed by atoms with Gasteiger partial charge in [-0.05, 0) is 27.5 Å². The Labute approximate surface area is 122 Å². The maximum absolute atomic E-state index is 6.92. The van der Waals surface area contributed by atoms with Gasteiger partial charge in [0.05, 0.1) is 6.10 Å². The van der Waals surface area contributed by atoms with Crippen molar-refractivity contribution in [3.63, 3.8) is 0 Å². The molecule has 1 aliphatic rings. The molecule has 0 aromatic rings. The van der Waals surface area contributed by atoms with Crippen LogP contribution >= 0.6 is 0 Å². The van der Waals surface area contributed by atoms with Gasteiger partial charge in [-0.1, -0.05) is 68.4 Å². The van der Waals surface area contributed by atoms with Gasteiger partial charge in [0.1, 0.15) is 0 Å². The van der Waals surface area contributed by atoms with E-state index in [1.807, 2.05) is 0 Å². The lowest BCUT2D eigenvalue weighted by molar-refractivity contribution is 0.130. The summed E-state index contributed by atoms with van der Waals surface area (Å²) in [6.07, 6.45) is 2.40. The second-order valence-corrected chi connectivity index (χ2v) is 14.2. The highest BCUT2D eigenvalue weighted by Gasteiger charge is 2.65. The van der Waals surface area contributed by atoms with Crippen LogP contribution in [0.25, 0.3) is 0 Å². The van der Waals surface area contributed by atoms with E-state index in [0.29, 0.717) is 23.5 Å². The highest BCUT2D eigenvalue weighted by atomic mass is 28.4. The van der Waals surface area contributed by atoms with Crippen LogP contribution in [0.1, 0.15) is 62.3 Å². The molecule has 0 saturated carbocycles. The molecule has 1 aliphatic heterocycles. The van der Waals surface area contributed by atoms with Gasteiger partial charge in [0.2, 0.25) is 8.32 Å². The van der Waals surface area contributed by atoms with E-state index >= 15 is 0 Å². The van der Waals surface area contributed by atoms with Crippen molar-refractivity contribution in [1.29, 1.82) is 0 Å². The Kier molecular flexibility index (Phi) is 4.50. The van der Waals surface area contributed by atoms with Crippen LogP contribution < -0.4 is 0 Å². The monoisotopic (exact) mass is 282 g/mol. The molecule has 0 N–H and O–H groups in total. The van der Waals surface area contributed by atoms with Gasteiger partial charge in [-0.15, -0.1) is 6.58 Å². The maximum atomic E-state index is 6.92. The summed E-state index contributed by atoms with van der Waals surface area (Å²) in [4.78, 5) is 0. The predicted molar refractivity (Wildman–Crippen MR) is 88.0 cm³/mol. The second-order valence-electron chi connectivity index (χ2n) is 8.56. The Morgan fingerprint density at radius 3 is 1.74 bits per heavy atom. The van der Waals surface area contributed by atoms with E-state index in [0.717, 1.165) is 0 Å². The van der Waals surface area contributed by atoms with E-state index in [1.54, 1.807) is 0 Å². The Hall–Kier alpha value is -0.0831. The summed E-state index contributed by atoms with van der Waals surface area (Å²) in [5.74, 6) is 1.06. The van der Waals surface area contributed by atoms with Crippen LogP contribution in [-0.2, 0) is 4.43 Å². The molecule has 0 spiro atoms. The van der Waals surface area contributed by atoms with Gasteiger partial charge in [0.25, 0.3) is 0 Å². The molecule has 1 fully saturated rings. The molecule has 0 aromatic heterocycles. The molecule has 4 atom stereocenters. The van der Waals surface area contributed by atoms with Gasteiger partial charge in [-0.3, -0.25) is 0 Å². The van der Waals surface area contributed by atoms with Gasteiger partial charge in [-0.25, -0.2) is 0 Å². The summed E-state index contributed by atoms with van der Waals surface area (Å²) in [5.41, 5.74) is 0.680. The Bertz CT molecular complexity index is 320. The second kappa shape index (κ2) is 5.03. The fraction of sp³-hybridized carbons (Fsp3) is 0.882. The molecule has 1 rings (SSSR count). The van der Waals surface area contributed by atoms with Crippen molar-refractivity contribution in [3.8, 4) is 0 Å². The van der Waals surface area contributed by atoms with Crippen molar-refractivity contribution in [2.75, 3.05) is 0 Å². The Morgan fingerprint density at radius 2 is 1.47 bits per heavy atom. The Morgan fingerprint density at radius 1 is 1.05 bits per heavy atom. The summed E-state index contributed by atoms with van der Waals surface area (Å²) in [6.45, 7) is 25.3. The molecule has 0 aromatic carbocycles. The van der Waals surface area contributed by atoms with Crippen LogP contribution in [0.3, 0.4) is 0 Å². The topological polar surface area (TPSA) is 9.23 Å². The molecule has 0 amide bonds. The van der Waals surface area contributed by atoms with Crippen LogP contribution in [0.5, 0.6) is 0 Å². The lowest BCUT2D eigenvalue weighted by Gasteiger charge is -2.51. The number of hydrogen-bond acceptors (Lipinski definition) is 1.